The van der Waals surface area contributed by atoms with E-state index in [1.807, 2.05) is 13.8 Å². The van der Waals surface area contributed by atoms with Crippen LogP contribution >= 0.6 is 0 Å². The molecule has 19 heavy (non-hydrogen) atoms. The van der Waals surface area contributed by atoms with Gasteiger partial charge in [0, 0.05) is 25.0 Å². The number of hydrogen-bond donors (Lipinski definition) is 2. The maximum Gasteiger partial charge on any atom is 0.303 e. The van der Waals surface area contributed by atoms with Gasteiger partial charge in [0.05, 0.1) is 5.75 Å². The smallest absolute Gasteiger partial charge is 0.303 e. The maximum atomic E-state index is 12.2. The number of nitrogens with one attached hydrogen (secondary N) is 1. The minimum Gasteiger partial charge on any atom is -0.481 e. The molecule has 1 rings (SSSR count). The molecule has 0 aromatic carbocycles. The van der Waals surface area contributed by atoms with Crippen LogP contribution < -0.4 is 5.32 Å². The maximum absolute atomic E-state index is 12.2. The first-order valence-corrected chi connectivity index (χ1v) is 8.38. The Hall–Kier alpha value is -0.660. The van der Waals surface area contributed by atoms with Crippen molar-refractivity contribution >= 4 is 16.0 Å². The van der Waals surface area contributed by atoms with Crippen molar-refractivity contribution in [2.45, 2.75) is 51.6 Å². The van der Waals surface area contributed by atoms with Crippen molar-refractivity contribution < 1.29 is 18.3 Å². The normalized spacial score (nSPS) is 20.3. The van der Waals surface area contributed by atoms with E-state index in [0.29, 0.717) is 6.54 Å². The Morgan fingerprint density at radius 1 is 1.47 bits per heavy atom. The van der Waals surface area contributed by atoms with Gasteiger partial charge in [0.2, 0.25) is 10.0 Å². The third-order valence-electron chi connectivity index (χ3n) is 3.29. The van der Waals surface area contributed by atoms with Crippen LogP contribution in [0.3, 0.4) is 0 Å². The Bertz CT molecular complexity index is 389. The van der Waals surface area contributed by atoms with Crippen molar-refractivity contribution in [1.29, 1.82) is 0 Å². The Kier molecular flexibility index (Phi) is 6.22. The lowest BCUT2D eigenvalue weighted by Crippen LogP contribution is -2.45. The molecule has 0 aliphatic carbocycles. The molecule has 1 heterocycles. The van der Waals surface area contributed by atoms with Gasteiger partial charge in [-0.1, -0.05) is 0 Å². The molecule has 0 radical (unpaired) electrons. The van der Waals surface area contributed by atoms with Crippen LogP contribution in [-0.2, 0) is 14.8 Å². The van der Waals surface area contributed by atoms with Gasteiger partial charge in [0.15, 0.2) is 0 Å². The monoisotopic (exact) mass is 292 g/mol. The summed E-state index contributed by atoms with van der Waals surface area (Å²) >= 11 is 0. The van der Waals surface area contributed by atoms with Crippen LogP contribution in [0.2, 0.25) is 0 Å². The number of carbonyl (C=O) groups is 1. The fourth-order valence-corrected chi connectivity index (χ4v) is 4.09. The first-order valence-electron chi connectivity index (χ1n) is 6.77. The van der Waals surface area contributed by atoms with Crippen LogP contribution in [0.1, 0.15) is 39.5 Å². The molecule has 0 amide bonds. The van der Waals surface area contributed by atoms with Crippen LogP contribution in [0.5, 0.6) is 0 Å². The molecule has 0 aromatic heterocycles. The molecule has 1 fully saturated rings. The molecule has 1 aliphatic rings. The number of carboxylic acids is 1. The topological polar surface area (TPSA) is 86.7 Å². The molecule has 1 saturated heterocycles. The van der Waals surface area contributed by atoms with Crippen LogP contribution in [-0.4, -0.2) is 54.7 Å². The highest BCUT2D eigenvalue weighted by Crippen LogP contribution is 2.14. The van der Waals surface area contributed by atoms with Crippen molar-refractivity contribution in [3.8, 4) is 0 Å². The SMILES string of the molecule is CC(C)N(CC1CCCN1)S(=O)(=O)CCCC(=O)O. The molecule has 0 saturated carbocycles. The molecule has 0 bridgehead atoms. The average molecular weight is 292 g/mol. The third kappa shape index (κ3) is 5.46. The second kappa shape index (κ2) is 7.21. The summed E-state index contributed by atoms with van der Waals surface area (Å²) in [5, 5.41) is 11.9. The average Bonchev–Trinajstić information content (AvgIpc) is 2.76. The molecule has 6 nitrogen and oxygen atoms in total. The van der Waals surface area contributed by atoms with E-state index >= 15 is 0 Å². The van der Waals surface area contributed by atoms with Crippen LogP contribution in [0.25, 0.3) is 0 Å². The summed E-state index contributed by atoms with van der Waals surface area (Å²) in [6, 6.07) is 0.119. The summed E-state index contributed by atoms with van der Waals surface area (Å²) < 4.78 is 26.0. The lowest BCUT2D eigenvalue weighted by Gasteiger charge is -2.28. The second-order valence-corrected chi connectivity index (χ2v) is 7.31. The predicted molar refractivity (Wildman–Crippen MR) is 73.5 cm³/mol. The van der Waals surface area contributed by atoms with E-state index in [9.17, 15) is 13.2 Å². The van der Waals surface area contributed by atoms with Crippen molar-refractivity contribution in [2.24, 2.45) is 0 Å². The summed E-state index contributed by atoms with van der Waals surface area (Å²) in [6.07, 6.45) is 2.13. The largest absolute Gasteiger partial charge is 0.481 e. The second-order valence-electron chi connectivity index (χ2n) is 5.27. The Labute approximate surface area is 115 Å². The van der Waals surface area contributed by atoms with Crippen molar-refractivity contribution in [1.82, 2.24) is 9.62 Å². The number of rotatable bonds is 8. The summed E-state index contributed by atoms with van der Waals surface area (Å²) in [5.74, 6) is -1.05. The summed E-state index contributed by atoms with van der Waals surface area (Å²) in [7, 11) is -3.37. The third-order valence-corrected chi connectivity index (χ3v) is 5.38. The highest BCUT2D eigenvalue weighted by Gasteiger charge is 2.28. The minimum absolute atomic E-state index is 0.0931. The van der Waals surface area contributed by atoms with Crippen LogP contribution in [0.4, 0.5) is 0 Å². The number of sulfonamides is 1. The molecule has 112 valence electrons. The minimum atomic E-state index is -3.37. The Morgan fingerprint density at radius 2 is 2.16 bits per heavy atom. The molecular formula is C12H24N2O4S. The van der Waals surface area contributed by atoms with E-state index in [2.05, 4.69) is 5.32 Å². The molecule has 1 aliphatic heterocycles. The first kappa shape index (κ1) is 16.4. The van der Waals surface area contributed by atoms with E-state index in [0.717, 1.165) is 19.4 Å². The molecular weight excluding hydrogens is 268 g/mol. The fraction of sp³-hybridized carbons (Fsp3) is 0.917. The summed E-state index contributed by atoms with van der Waals surface area (Å²) in [5.41, 5.74) is 0. The zero-order valence-electron chi connectivity index (χ0n) is 11.6. The molecule has 0 aromatic rings. The summed E-state index contributed by atoms with van der Waals surface area (Å²) in [4.78, 5) is 10.4. The number of nitrogens with zero attached hydrogens (tertiary/aromatic N) is 1. The molecule has 2 N–H and O–H groups in total. The van der Waals surface area contributed by atoms with E-state index < -0.39 is 16.0 Å². The van der Waals surface area contributed by atoms with Gasteiger partial charge < -0.3 is 10.4 Å². The quantitative estimate of drug-likeness (QED) is 0.686. The fourth-order valence-electron chi connectivity index (χ4n) is 2.30. The number of aliphatic carboxylic acids is 1. The van der Waals surface area contributed by atoms with Gasteiger partial charge in [-0.3, -0.25) is 4.79 Å². The molecule has 0 spiro atoms. The van der Waals surface area contributed by atoms with Gasteiger partial charge in [-0.05, 0) is 39.7 Å². The van der Waals surface area contributed by atoms with Gasteiger partial charge >= 0.3 is 5.97 Å². The molecule has 1 atom stereocenters. The van der Waals surface area contributed by atoms with E-state index in [1.165, 1.54) is 4.31 Å². The van der Waals surface area contributed by atoms with E-state index in [1.54, 1.807) is 0 Å². The van der Waals surface area contributed by atoms with Gasteiger partial charge in [-0.25, -0.2) is 8.42 Å². The lowest BCUT2D eigenvalue weighted by molar-refractivity contribution is -0.137. The highest BCUT2D eigenvalue weighted by atomic mass is 32.2. The van der Waals surface area contributed by atoms with E-state index in [-0.39, 0.29) is 30.7 Å². The summed E-state index contributed by atoms with van der Waals surface area (Å²) in [6.45, 7) is 5.12. The van der Waals surface area contributed by atoms with Crippen LogP contribution in [0, 0.1) is 0 Å². The first-order chi connectivity index (χ1) is 8.83. The van der Waals surface area contributed by atoms with Gasteiger partial charge in [-0.15, -0.1) is 0 Å². The Balaban J connectivity index is 2.59. The standard InChI is InChI=1S/C12H24N2O4S/c1-10(2)14(9-11-5-3-7-13-11)19(17,18)8-4-6-12(15)16/h10-11,13H,3-9H2,1-2H3,(H,15,16). The van der Waals surface area contributed by atoms with E-state index in [4.69, 9.17) is 5.11 Å². The van der Waals surface area contributed by atoms with Crippen molar-refractivity contribution in [2.75, 3.05) is 18.8 Å². The lowest BCUT2D eigenvalue weighted by atomic mass is 10.2. The molecule has 7 heteroatoms. The zero-order valence-corrected chi connectivity index (χ0v) is 12.4. The van der Waals surface area contributed by atoms with Gasteiger partial charge in [0.1, 0.15) is 0 Å². The van der Waals surface area contributed by atoms with Gasteiger partial charge in [-0.2, -0.15) is 4.31 Å². The predicted octanol–water partition coefficient (Wildman–Crippen LogP) is 0.643. The highest BCUT2D eigenvalue weighted by molar-refractivity contribution is 7.89. The van der Waals surface area contributed by atoms with Gasteiger partial charge in [0.25, 0.3) is 0 Å². The molecule has 1 unspecified atom stereocenters. The number of hydrogen-bond acceptors (Lipinski definition) is 4. The van der Waals surface area contributed by atoms with Crippen molar-refractivity contribution in [3.05, 3.63) is 0 Å². The Morgan fingerprint density at radius 3 is 2.63 bits per heavy atom. The zero-order chi connectivity index (χ0) is 14.5. The van der Waals surface area contributed by atoms with Crippen LogP contribution in [0.15, 0.2) is 0 Å². The number of carboxylic acid groups (broad SMARTS) is 1. The van der Waals surface area contributed by atoms with Crippen molar-refractivity contribution in [3.63, 3.8) is 0 Å².